The van der Waals surface area contributed by atoms with E-state index in [2.05, 4.69) is 10.0 Å². The van der Waals surface area contributed by atoms with Crippen molar-refractivity contribution in [3.63, 3.8) is 0 Å². The zero-order valence-corrected chi connectivity index (χ0v) is 12.3. The van der Waals surface area contributed by atoms with Gasteiger partial charge in [-0.25, -0.2) is 13.1 Å². The molecule has 1 amide bonds. The highest BCUT2D eigenvalue weighted by Crippen LogP contribution is 2.18. The Labute approximate surface area is 122 Å². The molecule has 1 fully saturated rings. The van der Waals surface area contributed by atoms with Crippen molar-refractivity contribution < 1.29 is 13.2 Å². The van der Waals surface area contributed by atoms with Crippen molar-refractivity contribution in [1.82, 2.24) is 10.0 Å². The van der Waals surface area contributed by atoms with Gasteiger partial charge in [-0.15, -0.1) is 0 Å². The standard InChI is InChI=1S/C12H15N3O3S2/c13-12(19)8-1-5-10(6-2-8)20(17,18)14-7-11(16)15-9-3-4-9/h1-2,5-6,9,14H,3-4,7H2,(H2,13,19)(H,15,16). The third-order valence-electron chi connectivity index (χ3n) is 2.81. The van der Waals surface area contributed by atoms with Crippen LogP contribution in [0.1, 0.15) is 18.4 Å². The summed E-state index contributed by atoms with van der Waals surface area (Å²) >= 11 is 4.79. The fourth-order valence-electron chi connectivity index (χ4n) is 1.55. The summed E-state index contributed by atoms with van der Waals surface area (Å²) in [4.78, 5) is 11.7. The van der Waals surface area contributed by atoms with Crippen LogP contribution in [0.25, 0.3) is 0 Å². The lowest BCUT2D eigenvalue weighted by Gasteiger charge is -2.07. The molecular weight excluding hydrogens is 298 g/mol. The number of thiocarbonyl (C=S) groups is 1. The topological polar surface area (TPSA) is 101 Å². The summed E-state index contributed by atoms with van der Waals surface area (Å²) in [7, 11) is -3.71. The van der Waals surface area contributed by atoms with Crippen LogP contribution in [0.15, 0.2) is 29.2 Å². The normalized spacial score (nSPS) is 14.8. The highest BCUT2D eigenvalue weighted by molar-refractivity contribution is 7.89. The van der Waals surface area contributed by atoms with E-state index in [0.717, 1.165) is 12.8 Å². The summed E-state index contributed by atoms with van der Waals surface area (Å²) < 4.78 is 26.2. The molecule has 2 rings (SSSR count). The van der Waals surface area contributed by atoms with Crippen molar-refractivity contribution in [2.45, 2.75) is 23.8 Å². The first-order valence-electron chi connectivity index (χ1n) is 6.07. The molecule has 4 N–H and O–H groups in total. The molecule has 0 unspecified atom stereocenters. The lowest BCUT2D eigenvalue weighted by atomic mass is 10.2. The zero-order valence-electron chi connectivity index (χ0n) is 10.6. The number of carbonyl (C=O) groups is 1. The Morgan fingerprint density at radius 2 is 1.90 bits per heavy atom. The van der Waals surface area contributed by atoms with Gasteiger partial charge in [-0.3, -0.25) is 4.79 Å². The molecule has 1 aromatic carbocycles. The van der Waals surface area contributed by atoms with Crippen molar-refractivity contribution in [3.05, 3.63) is 29.8 Å². The molecule has 0 radical (unpaired) electrons. The molecule has 108 valence electrons. The SMILES string of the molecule is NC(=S)c1ccc(S(=O)(=O)NCC(=O)NC2CC2)cc1. The first kappa shape index (κ1) is 14.9. The maximum Gasteiger partial charge on any atom is 0.241 e. The van der Waals surface area contributed by atoms with Crippen molar-refractivity contribution in [2.75, 3.05) is 6.54 Å². The molecule has 0 saturated heterocycles. The van der Waals surface area contributed by atoms with Crippen molar-refractivity contribution in [2.24, 2.45) is 5.73 Å². The smallest absolute Gasteiger partial charge is 0.241 e. The lowest BCUT2D eigenvalue weighted by molar-refractivity contribution is -0.120. The predicted molar refractivity (Wildman–Crippen MR) is 78.7 cm³/mol. The highest BCUT2D eigenvalue weighted by atomic mass is 32.2. The zero-order chi connectivity index (χ0) is 14.8. The number of sulfonamides is 1. The van der Waals surface area contributed by atoms with Gasteiger partial charge in [0.05, 0.1) is 11.4 Å². The Balaban J connectivity index is 1.98. The van der Waals surface area contributed by atoms with Gasteiger partial charge in [0.15, 0.2) is 0 Å². The maximum absolute atomic E-state index is 12.0. The van der Waals surface area contributed by atoms with Crippen molar-refractivity contribution in [3.8, 4) is 0 Å². The van der Waals surface area contributed by atoms with Crippen molar-refractivity contribution in [1.29, 1.82) is 0 Å². The van der Waals surface area contributed by atoms with E-state index in [9.17, 15) is 13.2 Å². The van der Waals surface area contributed by atoms with Gasteiger partial charge in [-0.05, 0) is 25.0 Å². The second-order valence-electron chi connectivity index (χ2n) is 4.55. The van der Waals surface area contributed by atoms with E-state index in [1.807, 2.05) is 0 Å². The lowest BCUT2D eigenvalue weighted by Crippen LogP contribution is -2.37. The predicted octanol–water partition coefficient (Wildman–Crippen LogP) is -0.122. The van der Waals surface area contributed by atoms with Crippen LogP contribution in [0.4, 0.5) is 0 Å². The molecule has 6 nitrogen and oxygen atoms in total. The first-order chi connectivity index (χ1) is 9.38. The highest BCUT2D eigenvalue weighted by Gasteiger charge is 2.24. The van der Waals surface area contributed by atoms with E-state index in [1.165, 1.54) is 24.3 Å². The van der Waals surface area contributed by atoms with E-state index >= 15 is 0 Å². The summed E-state index contributed by atoms with van der Waals surface area (Å²) in [6, 6.07) is 6.06. The number of amides is 1. The summed E-state index contributed by atoms with van der Waals surface area (Å²) in [6.07, 6.45) is 1.91. The molecule has 0 heterocycles. The van der Waals surface area contributed by atoms with Crippen LogP contribution in [-0.4, -0.2) is 31.9 Å². The number of hydrogen-bond donors (Lipinski definition) is 3. The number of rotatable bonds is 6. The van der Waals surface area contributed by atoms with Crippen LogP contribution >= 0.6 is 12.2 Å². The molecular formula is C12H15N3O3S2. The van der Waals surface area contributed by atoms with Crippen molar-refractivity contribution >= 4 is 33.1 Å². The van der Waals surface area contributed by atoms with Gasteiger partial charge in [-0.2, -0.15) is 0 Å². The van der Waals surface area contributed by atoms with Gasteiger partial charge < -0.3 is 11.1 Å². The number of nitrogens with two attached hydrogens (primary N) is 1. The van der Waals surface area contributed by atoms with Crippen LogP contribution in [-0.2, 0) is 14.8 Å². The maximum atomic E-state index is 12.0. The average molecular weight is 313 g/mol. The third-order valence-corrected chi connectivity index (χ3v) is 4.47. The number of nitrogens with one attached hydrogen (secondary N) is 2. The van der Waals surface area contributed by atoms with E-state index in [-0.39, 0.29) is 28.4 Å². The largest absolute Gasteiger partial charge is 0.389 e. The Morgan fingerprint density at radius 3 is 2.40 bits per heavy atom. The van der Waals surface area contributed by atoms with Crippen LogP contribution in [0.3, 0.4) is 0 Å². The van der Waals surface area contributed by atoms with Gasteiger partial charge in [-0.1, -0.05) is 24.4 Å². The molecule has 0 spiro atoms. The summed E-state index contributed by atoms with van der Waals surface area (Å²) in [5, 5.41) is 2.70. The van der Waals surface area contributed by atoms with E-state index in [0.29, 0.717) is 5.56 Å². The average Bonchev–Trinajstić information content (AvgIpc) is 3.20. The fourth-order valence-corrected chi connectivity index (χ4v) is 2.67. The van der Waals surface area contributed by atoms with Gasteiger partial charge in [0.2, 0.25) is 15.9 Å². The minimum atomic E-state index is -3.71. The molecule has 1 aliphatic carbocycles. The Hall–Kier alpha value is -1.51. The Bertz CT molecular complexity index is 622. The molecule has 1 aliphatic rings. The Morgan fingerprint density at radius 1 is 1.30 bits per heavy atom. The molecule has 20 heavy (non-hydrogen) atoms. The van der Waals surface area contributed by atoms with E-state index in [4.69, 9.17) is 18.0 Å². The first-order valence-corrected chi connectivity index (χ1v) is 7.96. The van der Waals surface area contributed by atoms with Crippen LogP contribution < -0.4 is 15.8 Å². The van der Waals surface area contributed by atoms with Crippen LogP contribution in [0.2, 0.25) is 0 Å². The number of hydrogen-bond acceptors (Lipinski definition) is 4. The molecule has 0 aliphatic heterocycles. The van der Waals surface area contributed by atoms with Crippen LogP contribution in [0, 0.1) is 0 Å². The van der Waals surface area contributed by atoms with Gasteiger partial charge in [0.25, 0.3) is 0 Å². The van der Waals surface area contributed by atoms with E-state index in [1.54, 1.807) is 0 Å². The monoisotopic (exact) mass is 313 g/mol. The molecule has 0 bridgehead atoms. The minimum absolute atomic E-state index is 0.0664. The fraction of sp³-hybridized carbons (Fsp3) is 0.333. The second kappa shape index (κ2) is 5.86. The van der Waals surface area contributed by atoms with Crippen LogP contribution in [0.5, 0.6) is 0 Å². The second-order valence-corrected chi connectivity index (χ2v) is 6.76. The number of benzene rings is 1. The van der Waals surface area contributed by atoms with Gasteiger partial charge in [0.1, 0.15) is 4.99 Å². The molecule has 1 aromatic rings. The Kier molecular flexibility index (Phi) is 4.36. The minimum Gasteiger partial charge on any atom is -0.389 e. The molecule has 0 aromatic heterocycles. The quantitative estimate of drug-likeness (QED) is 0.636. The molecule has 1 saturated carbocycles. The van der Waals surface area contributed by atoms with Gasteiger partial charge >= 0.3 is 0 Å². The van der Waals surface area contributed by atoms with E-state index < -0.39 is 10.0 Å². The summed E-state index contributed by atoms with van der Waals surface area (Å²) in [6.45, 7) is -0.268. The number of carbonyl (C=O) groups excluding carboxylic acids is 1. The van der Waals surface area contributed by atoms with Gasteiger partial charge in [0, 0.05) is 11.6 Å². The summed E-state index contributed by atoms with van der Waals surface area (Å²) in [5.74, 6) is -0.323. The summed E-state index contributed by atoms with van der Waals surface area (Å²) in [5.41, 5.74) is 6.03. The third kappa shape index (κ3) is 3.99. The molecule has 0 atom stereocenters. The molecule has 8 heteroatoms.